The maximum Gasteiger partial charge on any atom is 0.338 e. The molecule has 1 aromatic heterocycles. The Bertz CT molecular complexity index is 1190. The molecule has 1 saturated heterocycles. The largest absolute Gasteiger partial charge is 0.497 e. The molecule has 1 aliphatic heterocycles. The lowest BCUT2D eigenvalue weighted by molar-refractivity contribution is -0.118. The molecule has 2 heterocycles. The van der Waals surface area contributed by atoms with Gasteiger partial charge in [-0.2, -0.15) is 0 Å². The van der Waals surface area contributed by atoms with Crippen molar-refractivity contribution in [3.8, 4) is 16.3 Å². The number of carbonyl (C=O) groups is 3. The molecule has 0 bridgehead atoms. The molecule has 1 aliphatic rings. The van der Waals surface area contributed by atoms with Gasteiger partial charge in [0.05, 0.1) is 23.6 Å². The minimum Gasteiger partial charge on any atom is -0.497 e. The van der Waals surface area contributed by atoms with Crippen molar-refractivity contribution in [2.24, 2.45) is 0 Å². The fourth-order valence-electron chi connectivity index (χ4n) is 3.45. The number of esters is 1. The second-order valence-corrected chi connectivity index (χ2v) is 9.90. The van der Waals surface area contributed by atoms with Gasteiger partial charge in [0.25, 0.3) is 5.24 Å². The quantitative estimate of drug-likeness (QED) is 0.477. The van der Waals surface area contributed by atoms with Crippen LogP contribution in [0.4, 0.5) is 4.79 Å². The van der Waals surface area contributed by atoms with E-state index < -0.39 is 17.3 Å². The SMILES string of the molecule is COc1ccc(-c2nc(C(C)OC(=O)c3ccc(CC4SC(=O)NC4=O)cc3)c(C)s2)cc1. The van der Waals surface area contributed by atoms with Crippen molar-refractivity contribution in [1.29, 1.82) is 0 Å². The predicted octanol–water partition coefficient (Wildman–Crippen LogP) is 4.94. The van der Waals surface area contributed by atoms with Crippen LogP contribution < -0.4 is 10.1 Å². The number of hydrogen-bond donors (Lipinski definition) is 1. The molecule has 33 heavy (non-hydrogen) atoms. The molecule has 0 spiro atoms. The molecule has 2 atom stereocenters. The van der Waals surface area contributed by atoms with Crippen molar-refractivity contribution in [1.82, 2.24) is 10.3 Å². The van der Waals surface area contributed by atoms with Gasteiger partial charge in [-0.05, 0) is 62.2 Å². The predicted molar refractivity (Wildman–Crippen MR) is 128 cm³/mol. The van der Waals surface area contributed by atoms with Crippen LogP contribution >= 0.6 is 23.1 Å². The summed E-state index contributed by atoms with van der Waals surface area (Å²) in [7, 11) is 1.62. The Balaban J connectivity index is 1.40. The van der Waals surface area contributed by atoms with Gasteiger partial charge in [-0.25, -0.2) is 9.78 Å². The molecule has 9 heteroatoms. The van der Waals surface area contributed by atoms with E-state index in [0.29, 0.717) is 12.0 Å². The third-order valence-electron chi connectivity index (χ3n) is 5.22. The number of aromatic nitrogens is 1. The highest BCUT2D eigenvalue weighted by Crippen LogP contribution is 2.33. The summed E-state index contributed by atoms with van der Waals surface area (Å²) in [6.45, 7) is 3.76. The fraction of sp³-hybridized carbons (Fsp3) is 0.250. The number of aryl methyl sites for hydroxylation is 1. The van der Waals surface area contributed by atoms with E-state index in [1.54, 1.807) is 49.6 Å². The van der Waals surface area contributed by atoms with Crippen molar-refractivity contribution < 1.29 is 23.9 Å². The molecule has 2 aromatic carbocycles. The van der Waals surface area contributed by atoms with Gasteiger partial charge < -0.3 is 9.47 Å². The Kier molecular flexibility index (Phi) is 6.80. The summed E-state index contributed by atoms with van der Waals surface area (Å²) in [5.74, 6) is 0.0462. The minimum absolute atomic E-state index is 0.282. The molecule has 0 aliphatic carbocycles. The second kappa shape index (κ2) is 9.76. The van der Waals surface area contributed by atoms with Crippen LogP contribution in [0.3, 0.4) is 0 Å². The second-order valence-electron chi connectivity index (χ2n) is 7.52. The van der Waals surface area contributed by atoms with E-state index in [4.69, 9.17) is 14.5 Å². The van der Waals surface area contributed by atoms with Crippen LogP contribution in [0.2, 0.25) is 0 Å². The lowest BCUT2D eigenvalue weighted by Gasteiger charge is -2.12. The zero-order chi connectivity index (χ0) is 23.5. The smallest absolute Gasteiger partial charge is 0.338 e. The van der Waals surface area contributed by atoms with Gasteiger partial charge in [0, 0.05) is 10.4 Å². The van der Waals surface area contributed by atoms with Gasteiger partial charge in [-0.15, -0.1) is 11.3 Å². The number of nitrogens with one attached hydrogen (secondary N) is 1. The highest BCUT2D eigenvalue weighted by atomic mass is 32.2. The Morgan fingerprint density at radius 3 is 2.42 bits per heavy atom. The minimum atomic E-state index is -0.509. The standard InChI is InChI=1S/C24H22N2O5S2/c1-13(20-14(2)32-22(25-20)16-8-10-18(30-3)11-9-16)31-23(28)17-6-4-15(5-7-17)12-19-21(27)26-24(29)33-19/h4-11,13,19H,12H2,1-3H3,(H,26,27,29). The van der Waals surface area contributed by atoms with Crippen LogP contribution in [0.15, 0.2) is 48.5 Å². The van der Waals surface area contributed by atoms with Gasteiger partial charge >= 0.3 is 5.97 Å². The Labute approximate surface area is 199 Å². The lowest BCUT2D eigenvalue weighted by atomic mass is 10.1. The average molecular weight is 483 g/mol. The van der Waals surface area contributed by atoms with E-state index in [0.717, 1.165) is 44.2 Å². The third-order valence-corrected chi connectivity index (χ3v) is 7.23. The van der Waals surface area contributed by atoms with Gasteiger partial charge in [-0.1, -0.05) is 23.9 Å². The highest BCUT2D eigenvalue weighted by molar-refractivity contribution is 8.15. The first-order valence-electron chi connectivity index (χ1n) is 10.3. The number of thioether (sulfide) groups is 1. The summed E-state index contributed by atoms with van der Waals surface area (Å²) >= 11 is 2.53. The van der Waals surface area contributed by atoms with Gasteiger partial charge in [0.15, 0.2) is 0 Å². The van der Waals surface area contributed by atoms with Crippen LogP contribution in [-0.4, -0.2) is 34.5 Å². The van der Waals surface area contributed by atoms with E-state index in [1.807, 2.05) is 31.2 Å². The number of methoxy groups -OCH3 is 1. The lowest BCUT2D eigenvalue weighted by Crippen LogP contribution is -2.25. The van der Waals surface area contributed by atoms with Crippen LogP contribution in [0.5, 0.6) is 5.75 Å². The maximum atomic E-state index is 12.7. The van der Waals surface area contributed by atoms with Crippen molar-refractivity contribution in [2.45, 2.75) is 31.6 Å². The van der Waals surface area contributed by atoms with E-state index in [1.165, 1.54) is 0 Å². The number of imide groups is 1. The molecule has 2 amide bonds. The Hall–Kier alpha value is -3.17. The molecule has 1 N–H and O–H groups in total. The third kappa shape index (κ3) is 5.26. The van der Waals surface area contributed by atoms with E-state index in [9.17, 15) is 14.4 Å². The molecule has 1 fully saturated rings. The molecule has 170 valence electrons. The molecule has 3 aromatic rings. The number of nitrogens with zero attached hydrogens (tertiary/aromatic N) is 1. The number of hydrogen-bond acceptors (Lipinski definition) is 8. The first-order chi connectivity index (χ1) is 15.8. The molecule has 0 saturated carbocycles. The van der Waals surface area contributed by atoms with Crippen LogP contribution in [0, 0.1) is 6.92 Å². The van der Waals surface area contributed by atoms with Crippen molar-refractivity contribution in [3.63, 3.8) is 0 Å². The summed E-state index contributed by atoms with van der Waals surface area (Å²) in [5, 5.41) is 2.36. The molecule has 2 unspecified atom stereocenters. The number of carbonyl (C=O) groups excluding carboxylic acids is 3. The average Bonchev–Trinajstić information content (AvgIpc) is 3.35. The number of benzene rings is 2. The van der Waals surface area contributed by atoms with Crippen LogP contribution in [0.25, 0.3) is 10.6 Å². The molecule has 0 radical (unpaired) electrons. The fourth-order valence-corrected chi connectivity index (χ4v) is 5.31. The highest BCUT2D eigenvalue weighted by Gasteiger charge is 2.31. The van der Waals surface area contributed by atoms with Gasteiger partial charge in [0.1, 0.15) is 16.9 Å². The number of amides is 2. The topological polar surface area (TPSA) is 94.6 Å². The number of thiazole rings is 1. The molecule has 7 nitrogen and oxygen atoms in total. The first-order valence-corrected chi connectivity index (χ1v) is 12.0. The van der Waals surface area contributed by atoms with Crippen LogP contribution in [-0.2, 0) is 16.0 Å². The normalized spacial score (nSPS) is 16.4. The molecule has 4 rings (SSSR count). The van der Waals surface area contributed by atoms with E-state index in [2.05, 4.69) is 5.32 Å². The summed E-state index contributed by atoms with van der Waals surface area (Å²) < 4.78 is 10.9. The zero-order valence-corrected chi connectivity index (χ0v) is 19.9. The summed E-state index contributed by atoms with van der Waals surface area (Å²) in [5.41, 5.74) is 2.97. The van der Waals surface area contributed by atoms with Gasteiger partial charge in [-0.3, -0.25) is 14.9 Å². The summed E-state index contributed by atoms with van der Waals surface area (Å²) in [4.78, 5) is 41.4. The maximum absolute atomic E-state index is 12.7. The van der Waals surface area contributed by atoms with E-state index in [-0.39, 0.29) is 11.1 Å². The van der Waals surface area contributed by atoms with E-state index >= 15 is 0 Å². The van der Waals surface area contributed by atoms with Gasteiger partial charge in [0.2, 0.25) is 5.91 Å². The van der Waals surface area contributed by atoms with Crippen molar-refractivity contribution in [3.05, 3.63) is 70.2 Å². The molecular formula is C24H22N2O5S2. The van der Waals surface area contributed by atoms with Crippen LogP contribution in [0.1, 0.15) is 39.5 Å². The Morgan fingerprint density at radius 1 is 1.12 bits per heavy atom. The van der Waals surface area contributed by atoms with Crippen molar-refractivity contribution in [2.75, 3.05) is 7.11 Å². The number of ether oxygens (including phenoxy) is 2. The monoisotopic (exact) mass is 482 g/mol. The summed E-state index contributed by atoms with van der Waals surface area (Å²) in [6.07, 6.45) is -0.0924. The van der Waals surface area contributed by atoms with Crippen molar-refractivity contribution >= 4 is 40.2 Å². The number of rotatable bonds is 7. The Morgan fingerprint density at radius 2 is 1.82 bits per heavy atom. The zero-order valence-electron chi connectivity index (χ0n) is 18.3. The first kappa shape index (κ1) is 23.0. The molecular weight excluding hydrogens is 460 g/mol. The summed E-state index contributed by atoms with van der Waals surface area (Å²) in [6, 6.07) is 14.5.